The molecule has 0 aromatic heterocycles. The van der Waals surface area contributed by atoms with Crippen LogP contribution in [0.3, 0.4) is 0 Å². The van der Waals surface area contributed by atoms with E-state index in [9.17, 15) is 4.79 Å². The lowest BCUT2D eigenvalue weighted by Gasteiger charge is -2.02. The third-order valence-electron chi connectivity index (χ3n) is 1.78. The highest BCUT2D eigenvalue weighted by Crippen LogP contribution is 2.16. The fourth-order valence-corrected chi connectivity index (χ4v) is 1.19. The molecule has 2 rings (SSSR count). The Labute approximate surface area is 70.1 Å². The highest BCUT2D eigenvalue weighted by atomic mass is 16.1. The Balaban J connectivity index is 2.44. The van der Waals surface area contributed by atoms with Crippen molar-refractivity contribution in [3.63, 3.8) is 0 Å². The average Bonchev–Trinajstić information content (AvgIpc) is 2.25. The number of benzene rings is 1. The lowest BCUT2D eigenvalue weighted by molar-refractivity contribution is -0.111. The molecule has 0 bridgehead atoms. The van der Waals surface area contributed by atoms with Gasteiger partial charge in [0.05, 0.1) is 11.9 Å². The van der Waals surface area contributed by atoms with Crippen molar-refractivity contribution >= 4 is 17.7 Å². The van der Waals surface area contributed by atoms with E-state index in [-0.39, 0.29) is 5.78 Å². The highest BCUT2D eigenvalue weighted by Gasteiger charge is 2.08. The number of nitrogens with one attached hydrogen (secondary N) is 1. The summed E-state index contributed by atoms with van der Waals surface area (Å²) in [6.07, 6.45) is 1.76. The number of hydrogen-bond donors (Lipinski definition) is 1. The van der Waals surface area contributed by atoms with Gasteiger partial charge in [0.1, 0.15) is 0 Å². The molecular weight excluding hydrogens is 152 g/mol. The Bertz CT molecular complexity index is 344. The van der Waals surface area contributed by atoms with Crippen LogP contribution in [0, 0.1) is 0 Å². The molecule has 0 spiro atoms. The van der Waals surface area contributed by atoms with Crippen LogP contribution >= 0.6 is 0 Å². The zero-order valence-electron chi connectivity index (χ0n) is 6.45. The standard InChI is InChI=1S/C9H8N2O/c12-8-5-7-3-1-2-4-9(7)11-10-6-8/h1-4,6,11H,5H2. The minimum absolute atomic E-state index is 0.0347. The first kappa shape index (κ1) is 7.03. The van der Waals surface area contributed by atoms with Crippen molar-refractivity contribution in [3.8, 4) is 0 Å². The molecule has 60 valence electrons. The van der Waals surface area contributed by atoms with E-state index in [2.05, 4.69) is 10.5 Å². The second-order valence-corrected chi connectivity index (χ2v) is 2.67. The molecule has 0 atom stereocenters. The van der Waals surface area contributed by atoms with Crippen LogP contribution in [0.4, 0.5) is 5.69 Å². The van der Waals surface area contributed by atoms with Crippen LogP contribution in [-0.4, -0.2) is 12.0 Å². The van der Waals surface area contributed by atoms with Gasteiger partial charge in [-0.15, -0.1) is 0 Å². The molecular formula is C9H8N2O. The Morgan fingerprint density at radius 2 is 2.17 bits per heavy atom. The minimum Gasteiger partial charge on any atom is -0.293 e. The van der Waals surface area contributed by atoms with E-state index in [1.807, 2.05) is 24.3 Å². The molecule has 1 aromatic carbocycles. The van der Waals surface area contributed by atoms with Crippen molar-refractivity contribution in [2.75, 3.05) is 5.43 Å². The van der Waals surface area contributed by atoms with Crippen LogP contribution in [0.2, 0.25) is 0 Å². The van der Waals surface area contributed by atoms with Crippen molar-refractivity contribution in [3.05, 3.63) is 29.8 Å². The summed E-state index contributed by atoms with van der Waals surface area (Å²) in [6.45, 7) is 0. The van der Waals surface area contributed by atoms with Crippen LogP contribution in [0.1, 0.15) is 5.56 Å². The van der Waals surface area contributed by atoms with Crippen LogP contribution in [0.5, 0.6) is 0 Å². The van der Waals surface area contributed by atoms with Gasteiger partial charge in [-0.1, -0.05) is 18.2 Å². The average molecular weight is 160 g/mol. The van der Waals surface area contributed by atoms with E-state index in [1.165, 1.54) is 6.21 Å². The number of Topliss-reactive ketones (excluding diaryl/α,β-unsaturated/α-hetero) is 1. The first-order chi connectivity index (χ1) is 5.86. The molecule has 0 radical (unpaired) electrons. The third-order valence-corrected chi connectivity index (χ3v) is 1.78. The molecule has 0 saturated heterocycles. The van der Waals surface area contributed by atoms with Crippen molar-refractivity contribution in [1.29, 1.82) is 0 Å². The zero-order chi connectivity index (χ0) is 8.39. The van der Waals surface area contributed by atoms with Gasteiger partial charge in [-0.25, -0.2) is 0 Å². The van der Waals surface area contributed by atoms with Crippen LogP contribution in [-0.2, 0) is 11.2 Å². The number of anilines is 1. The number of carbonyl (C=O) groups excluding carboxylic acids is 1. The van der Waals surface area contributed by atoms with Gasteiger partial charge in [0.2, 0.25) is 0 Å². The van der Waals surface area contributed by atoms with Gasteiger partial charge in [-0.05, 0) is 11.6 Å². The van der Waals surface area contributed by atoms with E-state index in [0.29, 0.717) is 6.42 Å². The summed E-state index contributed by atoms with van der Waals surface area (Å²) in [4.78, 5) is 11.1. The second kappa shape index (κ2) is 2.77. The van der Waals surface area contributed by atoms with E-state index in [1.54, 1.807) is 0 Å². The van der Waals surface area contributed by atoms with Gasteiger partial charge < -0.3 is 0 Å². The number of rotatable bonds is 0. The molecule has 0 aliphatic carbocycles. The van der Waals surface area contributed by atoms with Gasteiger partial charge in [0.25, 0.3) is 0 Å². The van der Waals surface area contributed by atoms with Gasteiger partial charge in [0, 0.05) is 6.42 Å². The largest absolute Gasteiger partial charge is 0.293 e. The van der Waals surface area contributed by atoms with Crippen molar-refractivity contribution in [2.24, 2.45) is 5.10 Å². The molecule has 1 N–H and O–H groups in total. The lowest BCUT2D eigenvalue weighted by atomic mass is 10.1. The lowest BCUT2D eigenvalue weighted by Crippen LogP contribution is -2.01. The van der Waals surface area contributed by atoms with Crippen molar-refractivity contribution < 1.29 is 4.79 Å². The minimum atomic E-state index is 0.0347. The fraction of sp³-hybridized carbons (Fsp3) is 0.111. The Kier molecular flexibility index (Phi) is 1.63. The first-order valence-corrected chi connectivity index (χ1v) is 3.76. The predicted octanol–water partition coefficient (Wildman–Crippen LogP) is 1.21. The summed E-state index contributed by atoms with van der Waals surface area (Å²) < 4.78 is 0. The normalized spacial score (nSPS) is 14.8. The van der Waals surface area contributed by atoms with Crippen LogP contribution in [0.15, 0.2) is 29.4 Å². The van der Waals surface area contributed by atoms with Crippen molar-refractivity contribution in [1.82, 2.24) is 0 Å². The van der Waals surface area contributed by atoms with Crippen LogP contribution in [0.25, 0.3) is 0 Å². The van der Waals surface area contributed by atoms with Crippen molar-refractivity contribution in [2.45, 2.75) is 6.42 Å². The van der Waals surface area contributed by atoms with E-state index >= 15 is 0 Å². The number of nitrogens with zero attached hydrogens (tertiary/aromatic N) is 1. The van der Waals surface area contributed by atoms with Gasteiger partial charge >= 0.3 is 0 Å². The number of carbonyl (C=O) groups is 1. The van der Waals surface area contributed by atoms with E-state index in [0.717, 1.165) is 11.3 Å². The SMILES string of the molecule is O=C1C=NNc2ccccc2C1. The number of fused-ring (bicyclic) bond motifs is 1. The number of hydrogen-bond acceptors (Lipinski definition) is 3. The maximum absolute atomic E-state index is 11.1. The molecule has 0 amide bonds. The highest BCUT2D eigenvalue weighted by molar-refractivity contribution is 6.28. The maximum atomic E-state index is 11.1. The smallest absolute Gasteiger partial charge is 0.180 e. The fourth-order valence-electron chi connectivity index (χ4n) is 1.19. The molecule has 1 aliphatic heterocycles. The molecule has 0 saturated carbocycles. The van der Waals surface area contributed by atoms with E-state index < -0.39 is 0 Å². The Hall–Kier alpha value is -1.64. The number of hydrazone groups is 1. The molecule has 1 aliphatic rings. The summed E-state index contributed by atoms with van der Waals surface area (Å²) in [7, 11) is 0. The van der Waals surface area contributed by atoms with Gasteiger partial charge in [0.15, 0.2) is 5.78 Å². The first-order valence-electron chi connectivity index (χ1n) is 3.76. The predicted molar refractivity (Wildman–Crippen MR) is 47.3 cm³/mol. The Morgan fingerprint density at radius 3 is 3.08 bits per heavy atom. The molecule has 12 heavy (non-hydrogen) atoms. The van der Waals surface area contributed by atoms with Crippen LogP contribution < -0.4 is 5.43 Å². The quantitative estimate of drug-likeness (QED) is 0.619. The monoisotopic (exact) mass is 160 g/mol. The molecule has 1 heterocycles. The summed E-state index contributed by atoms with van der Waals surface area (Å²) >= 11 is 0. The molecule has 0 fully saturated rings. The maximum Gasteiger partial charge on any atom is 0.180 e. The summed E-state index contributed by atoms with van der Waals surface area (Å²) in [5.74, 6) is 0.0347. The third kappa shape index (κ3) is 1.21. The Morgan fingerprint density at radius 1 is 1.33 bits per heavy atom. The number of ketones is 1. The molecule has 0 unspecified atom stereocenters. The topological polar surface area (TPSA) is 41.5 Å². The van der Waals surface area contributed by atoms with Gasteiger partial charge in [-0.2, -0.15) is 5.10 Å². The molecule has 3 nitrogen and oxygen atoms in total. The molecule has 3 heteroatoms. The van der Waals surface area contributed by atoms with E-state index in [4.69, 9.17) is 0 Å². The summed E-state index contributed by atoms with van der Waals surface area (Å²) in [5.41, 5.74) is 4.72. The number of para-hydroxylation sites is 1. The second-order valence-electron chi connectivity index (χ2n) is 2.67. The summed E-state index contributed by atoms with van der Waals surface area (Å²) in [6, 6.07) is 7.66. The van der Waals surface area contributed by atoms with Gasteiger partial charge in [-0.3, -0.25) is 10.2 Å². The zero-order valence-corrected chi connectivity index (χ0v) is 6.45. The molecule has 1 aromatic rings. The summed E-state index contributed by atoms with van der Waals surface area (Å²) in [5, 5.41) is 3.77.